The van der Waals surface area contributed by atoms with E-state index in [1.54, 1.807) is 48.5 Å². The first-order valence-corrected chi connectivity index (χ1v) is 12.7. The molecule has 0 unspecified atom stereocenters. The lowest BCUT2D eigenvalue weighted by Gasteiger charge is -2.13. The van der Waals surface area contributed by atoms with Crippen molar-refractivity contribution in [3.8, 4) is 0 Å². The standard InChI is InChI=1S/C30H28ClNO7/c1-19(29(36)23-10-6-11-24(31)18-23)38-27(34)13-7-12-26(33)32-25-16-14-22(15-17-25)30(37)39-20(2)28(35)21-8-4-3-5-9-21/h3-6,8-11,14-20H,7,12-13H2,1-2H3,(H,32,33)/t19-,20+/m0/s1. The fourth-order valence-corrected chi connectivity index (χ4v) is 3.80. The summed E-state index contributed by atoms with van der Waals surface area (Å²) in [5, 5.41) is 3.09. The van der Waals surface area contributed by atoms with E-state index in [4.69, 9.17) is 21.1 Å². The van der Waals surface area contributed by atoms with Gasteiger partial charge in [-0.25, -0.2) is 4.79 Å². The molecule has 3 rings (SSSR count). The van der Waals surface area contributed by atoms with Gasteiger partial charge in [0.15, 0.2) is 12.2 Å². The Balaban J connectivity index is 1.40. The van der Waals surface area contributed by atoms with E-state index < -0.39 is 24.1 Å². The lowest BCUT2D eigenvalue weighted by molar-refractivity contribution is -0.146. The second kappa shape index (κ2) is 14.0. The number of amides is 1. The van der Waals surface area contributed by atoms with E-state index in [2.05, 4.69) is 5.32 Å². The quantitative estimate of drug-likeness (QED) is 0.228. The molecule has 0 radical (unpaired) electrons. The summed E-state index contributed by atoms with van der Waals surface area (Å²) in [4.78, 5) is 61.5. The highest BCUT2D eigenvalue weighted by Crippen LogP contribution is 2.16. The normalized spacial score (nSPS) is 12.1. The van der Waals surface area contributed by atoms with Crippen molar-refractivity contribution in [2.24, 2.45) is 0 Å². The Bertz CT molecular complexity index is 1340. The maximum atomic E-state index is 12.4. The Morgan fingerprint density at radius 3 is 2.00 bits per heavy atom. The summed E-state index contributed by atoms with van der Waals surface area (Å²) >= 11 is 5.90. The number of ketones is 2. The van der Waals surface area contributed by atoms with E-state index in [1.807, 2.05) is 0 Å². The first-order valence-electron chi connectivity index (χ1n) is 12.3. The van der Waals surface area contributed by atoms with Crippen molar-refractivity contribution in [3.63, 3.8) is 0 Å². The number of esters is 2. The molecule has 0 aliphatic carbocycles. The molecule has 9 heteroatoms. The van der Waals surface area contributed by atoms with Crippen LogP contribution in [0.1, 0.15) is 64.2 Å². The highest BCUT2D eigenvalue weighted by atomic mass is 35.5. The smallest absolute Gasteiger partial charge is 0.338 e. The van der Waals surface area contributed by atoms with Gasteiger partial charge >= 0.3 is 11.9 Å². The maximum absolute atomic E-state index is 12.4. The van der Waals surface area contributed by atoms with Crippen LogP contribution in [-0.2, 0) is 19.1 Å². The summed E-state index contributed by atoms with van der Waals surface area (Å²) in [6.45, 7) is 2.99. The Morgan fingerprint density at radius 1 is 0.718 bits per heavy atom. The van der Waals surface area contributed by atoms with E-state index in [1.165, 1.54) is 44.2 Å². The first-order chi connectivity index (χ1) is 18.6. The number of Topliss-reactive ketones (excluding diaryl/α,β-unsaturated/α-hetero) is 2. The number of carbonyl (C=O) groups excluding carboxylic acids is 5. The van der Waals surface area contributed by atoms with Crippen LogP contribution < -0.4 is 5.32 Å². The van der Waals surface area contributed by atoms with E-state index in [-0.39, 0.29) is 42.3 Å². The predicted molar refractivity (Wildman–Crippen MR) is 146 cm³/mol. The number of ether oxygens (including phenoxy) is 2. The number of hydrogen-bond acceptors (Lipinski definition) is 7. The molecule has 0 bridgehead atoms. The van der Waals surface area contributed by atoms with Crippen LogP contribution in [0.15, 0.2) is 78.9 Å². The Morgan fingerprint density at radius 2 is 1.33 bits per heavy atom. The fourth-order valence-electron chi connectivity index (χ4n) is 3.61. The summed E-state index contributed by atoms with van der Waals surface area (Å²) < 4.78 is 10.5. The van der Waals surface area contributed by atoms with E-state index in [9.17, 15) is 24.0 Å². The molecule has 3 aromatic rings. The predicted octanol–water partition coefficient (Wildman–Crippen LogP) is 5.69. The minimum atomic E-state index is -0.977. The van der Waals surface area contributed by atoms with Crippen molar-refractivity contribution in [2.75, 3.05) is 5.32 Å². The molecule has 39 heavy (non-hydrogen) atoms. The van der Waals surface area contributed by atoms with Crippen LogP contribution in [0.4, 0.5) is 5.69 Å². The SMILES string of the molecule is C[C@H](OC(=O)CCCC(=O)Nc1ccc(C(=O)O[C@H](C)C(=O)c2ccccc2)cc1)C(=O)c1cccc(Cl)c1. The van der Waals surface area contributed by atoms with Gasteiger partial charge in [0.1, 0.15) is 0 Å². The van der Waals surface area contributed by atoms with Crippen molar-refractivity contribution >= 4 is 46.7 Å². The van der Waals surface area contributed by atoms with Crippen LogP contribution >= 0.6 is 11.6 Å². The van der Waals surface area contributed by atoms with E-state index in [0.717, 1.165) is 0 Å². The topological polar surface area (TPSA) is 116 Å². The largest absolute Gasteiger partial charge is 0.454 e. The highest BCUT2D eigenvalue weighted by molar-refractivity contribution is 6.31. The number of anilines is 1. The van der Waals surface area contributed by atoms with Crippen LogP contribution in [0.25, 0.3) is 0 Å². The fraction of sp³-hybridized carbons (Fsp3) is 0.233. The third kappa shape index (κ3) is 8.90. The summed E-state index contributed by atoms with van der Waals surface area (Å²) in [6.07, 6.45) is -1.70. The number of halogens is 1. The van der Waals surface area contributed by atoms with Crippen molar-refractivity contribution in [1.82, 2.24) is 0 Å². The van der Waals surface area contributed by atoms with E-state index in [0.29, 0.717) is 21.8 Å². The van der Waals surface area contributed by atoms with Gasteiger partial charge in [-0.15, -0.1) is 0 Å². The number of rotatable bonds is 12. The Labute approximate surface area is 231 Å². The summed E-state index contributed by atoms with van der Waals surface area (Å²) in [5.74, 6) is -2.25. The average Bonchev–Trinajstić information content (AvgIpc) is 2.92. The zero-order chi connectivity index (χ0) is 28.4. The molecule has 1 amide bonds. The molecule has 202 valence electrons. The number of carbonyl (C=O) groups is 5. The van der Waals surface area contributed by atoms with Crippen LogP contribution in [0.5, 0.6) is 0 Å². The van der Waals surface area contributed by atoms with Gasteiger partial charge in [0, 0.05) is 34.7 Å². The molecule has 0 heterocycles. The van der Waals surface area contributed by atoms with Gasteiger partial charge in [0.25, 0.3) is 0 Å². The first kappa shape index (κ1) is 29.3. The molecule has 3 aromatic carbocycles. The number of nitrogens with one attached hydrogen (secondary N) is 1. The molecule has 0 saturated heterocycles. The molecule has 0 saturated carbocycles. The van der Waals surface area contributed by atoms with Crippen molar-refractivity contribution in [3.05, 3.63) is 101 Å². The molecule has 8 nitrogen and oxygen atoms in total. The van der Waals surface area contributed by atoms with Crippen molar-refractivity contribution in [2.45, 2.75) is 45.3 Å². The maximum Gasteiger partial charge on any atom is 0.338 e. The third-order valence-corrected chi connectivity index (χ3v) is 5.92. The second-order valence-electron chi connectivity index (χ2n) is 8.76. The molecular weight excluding hydrogens is 522 g/mol. The highest BCUT2D eigenvalue weighted by Gasteiger charge is 2.21. The van der Waals surface area contributed by atoms with Crippen LogP contribution in [-0.4, -0.2) is 41.6 Å². The Hall–Kier alpha value is -4.30. The summed E-state index contributed by atoms with van der Waals surface area (Å²) in [5.41, 5.74) is 1.47. The number of benzene rings is 3. The van der Waals surface area contributed by atoms with Gasteiger partial charge < -0.3 is 14.8 Å². The van der Waals surface area contributed by atoms with Gasteiger partial charge in [-0.1, -0.05) is 54.1 Å². The van der Waals surface area contributed by atoms with Gasteiger partial charge in [-0.3, -0.25) is 19.2 Å². The molecule has 0 aliphatic rings. The minimum Gasteiger partial charge on any atom is -0.454 e. The second-order valence-corrected chi connectivity index (χ2v) is 9.20. The Kier molecular flexibility index (Phi) is 10.5. The van der Waals surface area contributed by atoms with Gasteiger partial charge in [-0.05, 0) is 56.7 Å². The zero-order valence-corrected chi connectivity index (χ0v) is 22.3. The van der Waals surface area contributed by atoms with Gasteiger partial charge in [0.05, 0.1) is 5.56 Å². The van der Waals surface area contributed by atoms with Crippen molar-refractivity contribution in [1.29, 1.82) is 0 Å². The molecule has 0 aromatic heterocycles. The monoisotopic (exact) mass is 549 g/mol. The molecule has 0 spiro atoms. The molecular formula is C30H28ClNO7. The molecule has 0 aliphatic heterocycles. The van der Waals surface area contributed by atoms with Crippen LogP contribution in [0.3, 0.4) is 0 Å². The van der Waals surface area contributed by atoms with Crippen molar-refractivity contribution < 1.29 is 33.4 Å². The average molecular weight is 550 g/mol. The van der Waals surface area contributed by atoms with Crippen LogP contribution in [0.2, 0.25) is 5.02 Å². The zero-order valence-electron chi connectivity index (χ0n) is 21.5. The number of hydrogen-bond donors (Lipinski definition) is 1. The lowest BCUT2D eigenvalue weighted by Crippen LogP contribution is -2.24. The van der Waals surface area contributed by atoms with Gasteiger partial charge in [-0.2, -0.15) is 0 Å². The molecule has 2 atom stereocenters. The third-order valence-electron chi connectivity index (χ3n) is 5.69. The van der Waals surface area contributed by atoms with E-state index >= 15 is 0 Å². The summed E-state index contributed by atoms with van der Waals surface area (Å²) in [6, 6.07) is 20.9. The minimum absolute atomic E-state index is 0.0365. The van der Waals surface area contributed by atoms with Gasteiger partial charge in [0.2, 0.25) is 17.5 Å². The van der Waals surface area contributed by atoms with Crippen LogP contribution in [0, 0.1) is 0 Å². The molecule has 1 N–H and O–H groups in total. The summed E-state index contributed by atoms with van der Waals surface area (Å²) in [7, 11) is 0. The lowest BCUT2D eigenvalue weighted by atomic mass is 10.1. The molecule has 0 fully saturated rings.